The predicted octanol–water partition coefficient (Wildman–Crippen LogP) is 1.53. The van der Waals surface area contributed by atoms with Gasteiger partial charge in [-0.05, 0) is 29.4 Å². The molecule has 0 aliphatic heterocycles. The number of phenolic OH excluding ortho intramolecular Hbond substituents is 1. The van der Waals surface area contributed by atoms with Gasteiger partial charge in [-0.1, -0.05) is 18.5 Å². The second-order valence-corrected chi connectivity index (χ2v) is 3.09. The number of phenols is 1. The summed E-state index contributed by atoms with van der Waals surface area (Å²) in [4.78, 5) is 0. The van der Waals surface area contributed by atoms with Gasteiger partial charge in [-0.25, -0.2) is 0 Å². The molecule has 62 valence electrons. The second-order valence-electron chi connectivity index (χ2n) is 2.64. The second kappa shape index (κ2) is 4.46. The highest BCUT2D eigenvalue weighted by Gasteiger charge is 1.99. The van der Waals surface area contributed by atoms with Crippen molar-refractivity contribution < 1.29 is 5.11 Å². The Bertz CT molecular complexity index is 263. The van der Waals surface area contributed by atoms with Gasteiger partial charge in [0.2, 0.25) is 0 Å². The van der Waals surface area contributed by atoms with Crippen LogP contribution in [0.2, 0.25) is 0 Å². The van der Waals surface area contributed by atoms with E-state index in [-0.39, 0.29) is 5.75 Å². The zero-order chi connectivity index (χ0) is 8.97. The molecule has 0 saturated carbocycles. The molecular formula is C9H11BOS. The van der Waals surface area contributed by atoms with E-state index in [1.54, 1.807) is 6.07 Å². The molecule has 0 saturated heterocycles. The van der Waals surface area contributed by atoms with Gasteiger partial charge in [0.1, 0.15) is 5.75 Å². The number of aryl methyl sites for hydroxylation is 1. The van der Waals surface area contributed by atoms with Crippen LogP contribution in [0.4, 0.5) is 0 Å². The van der Waals surface area contributed by atoms with Crippen molar-refractivity contribution in [1.29, 1.82) is 0 Å². The lowest BCUT2D eigenvalue weighted by Gasteiger charge is -2.04. The van der Waals surface area contributed by atoms with Gasteiger partial charge in [-0.2, -0.15) is 12.6 Å². The summed E-state index contributed by atoms with van der Waals surface area (Å²) >= 11 is 4.13. The molecule has 0 aromatic heterocycles. The molecule has 12 heavy (non-hydrogen) atoms. The van der Waals surface area contributed by atoms with E-state index in [0.29, 0.717) is 6.32 Å². The molecule has 0 atom stereocenters. The molecule has 1 aromatic rings. The van der Waals surface area contributed by atoms with Crippen LogP contribution in [0.1, 0.15) is 11.1 Å². The van der Waals surface area contributed by atoms with E-state index >= 15 is 0 Å². The van der Waals surface area contributed by atoms with Crippen molar-refractivity contribution >= 4 is 20.5 Å². The van der Waals surface area contributed by atoms with Crippen molar-refractivity contribution in [3.05, 3.63) is 29.3 Å². The molecule has 0 aliphatic rings. The number of hydrogen-bond donors (Lipinski definition) is 2. The van der Waals surface area contributed by atoms with Crippen LogP contribution in [0.5, 0.6) is 5.75 Å². The largest absolute Gasteiger partial charge is 0.508 e. The van der Waals surface area contributed by atoms with Crippen LogP contribution in [-0.4, -0.2) is 18.7 Å². The molecule has 0 amide bonds. The quantitative estimate of drug-likeness (QED) is 0.531. The van der Waals surface area contributed by atoms with E-state index in [4.69, 9.17) is 7.85 Å². The molecule has 2 radical (unpaired) electrons. The van der Waals surface area contributed by atoms with Crippen LogP contribution < -0.4 is 0 Å². The third-order valence-electron chi connectivity index (χ3n) is 1.76. The van der Waals surface area contributed by atoms with Gasteiger partial charge in [0.25, 0.3) is 0 Å². The van der Waals surface area contributed by atoms with Crippen molar-refractivity contribution in [1.82, 2.24) is 0 Å². The predicted molar refractivity (Wildman–Crippen MR) is 55.1 cm³/mol. The summed E-state index contributed by atoms with van der Waals surface area (Å²) in [6.07, 6.45) is 1.29. The highest BCUT2D eigenvalue weighted by molar-refractivity contribution is 7.80. The normalized spacial score (nSPS) is 10.1. The first-order valence-electron chi connectivity index (χ1n) is 3.89. The summed E-state index contributed by atoms with van der Waals surface area (Å²) in [5.41, 5.74) is 1.97. The lowest BCUT2D eigenvalue weighted by atomic mass is 9.94. The fourth-order valence-corrected chi connectivity index (χ4v) is 1.35. The number of thiol groups is 1. The maximum atomic E-state index is 9.30. The lowest BCUT2D eigenvalue weighted by Crippen LogP contribution is -1.90. The van der Waals surface area contributed by atoms with Crippen LogP contribution in [-0.2, 0) is 12.7 Å². The number of rotatable bonds is 3. The molecular weight excluding hydrogens is 167 g/mol. The minimum Gasteiger partial charge on any atom is -0.508 e. The molecule has 1 N–H and O–H groups in total. The van der Waals surface area contributed by atoms with Gasteiger partial charge in [0.15, 0.2) is 0 Å². The van der Waals surface area contributed by atoms with Crippen molar-refractivity contribution in [2.24, 2.45) is 0 Å². The Morgan fingerprint density at radius 3 is 2.75 bits per heavy atom. The van der Waals surface area contributed by atoms with Crippen molar-refractivity contribution in [3.63, 3.8) is 0 Å². The molecule has 0 bridgehead atoms. The summed E-state index contributed by atoms with van der Waals surface area (Å²) in [5, 5.41) is 9.30. The van der Waals surface area contributed by atoms with Crippen molar-refractivity contribution in [2.45, 2.75) is 12.7 Å². The van der Waals surface area contributed by atoms with Crippen LogP contribution >= 0.6 is 12.6 Å². The Balaban J connectivity index is 2.89. The third kappa shape index (κ3) is 2.21. The van der Waals surface area contributed by atoms with Gasteiger partial charge in [0.05, 0.1) is 7.85 Å². The number of benzene rings is 1. The molecule has 1 rings (SSSR count). The molecule has 3 heteroatoms. The fraction of sp³-hybridized carbons (Fsp3) is 0.333. The van der Waals surface area contributed by atoms with E-state index in [9.17, 15) is 5.11 Å². The molecule has 0 unspecified atom stereocenters. The first-order valence-corrected chi connectivity index (χ1v) is 4.53. The third-order valence-corrected chi connectivity index (χ3v) is 1.99. The number of aromatic hydroxyl groups is 1. The van der Waals surface area contributed by atoms with Gasteiger partial charge >= 0.3 is 0 Å². The number of hydrogen-bond acceptors (Lipinski definition) is 2. The summed E-state index contributed by atoms with van der Waals surface area (Å²) in [6.45, 7) is 0. The minimum absolute atomic E-state index is 0.278. The van der Waals surface area contributed by atoms with Crippen molar-refractivity contribution in [2.75, 3.05) is 5.75 Å². The van der Waals surface area contributed by atoms with Crippen LogP contribution in [0.15, 0.2) is 18.2 Å². The SMILES string of the molecule is [B]Cc1cc(CCS)ccc1O. The van der Waals surface area contributed by atoms with Gasteiger partial charge in [0, 0.05) is 0 Å². The minimum atomic E-state index is 0.278. The monoisotopic (exact) mass is 178 g/mol. The Morgan fingerprint density at radius 2 is 2.17 bits per heavy atom. The van der Waals surface area contributed by atoms with E-state index in [0.717, 1.165) is 17.7 Å². The molecule has 0 aliphatic carbocycles. The van der Waals surface area contributed by atoms with Crippen LogP contribution in [0.3, 0.4) is 0 Å². The highest BCUT2D eigenvalue weighted by atomic mass is 32.1. The first kappa shape index (κ1) is 9.52. The summed E-state index contributed by atoms with van der Waals surface area (Å²) in [6, 6.07) is 5.50. The average molecular weight is 178 g/mol. The van der Waals surface area contributed by atoms with Crippen molar-refractivity contribution in [3.8, 4) is 5.75 Å². The first-order chi connectivity index (χ1) is 5.77. The standard InChI is InChI=1S/C9H11BOS/c10-6-8-5-7(3-4-12)1-2-9(8)11/h1-2,5,11-12H,3-4,6H2. The zero-order valence-electron chi connectivity index (χ0n) is 6.83. The Kier molecular flexibility index (Phi) is 3.54. The van der Waals surface area contributed by atoms with E-state index in [2.05, 4.69) is 12.6 Å². The Morgan fingerprint density at radius 1 is 1.42 bits per heavy atom. The molecule has 0 spiro atoms. The fourth-order valence-electron chi connectivity index (χ4n) is 1.09. The summed E-state index contributed by atoms with van der Waals surface area (Å²) in [7, 11) is 5.44. The zero-order valence-corrected chi connectivity index (χ0v) is 7.72. The Hall–Kier alpha value is -0.565. The highest BCUT2D eigenvalue weighted by Crippen LogP contribution is 2.18. The summed E-state index contributed by atoms with van der Waals surface area (Å²) in [5.74, 6) is 1.09. The van der Waals surface area contributed by atoms with E-state index in [1.165, 1.54) is 5.56 Å². The summed E-state index contributed by atoms with van der Waals surface area (Å²) < 4.78 is 0. The van der Waals surface area contributed by atoms with Gasteiger partial charge < -0.3 is 5.11 Å². The maximum Gasteiger partial charge on any atom is 0.118 e. The van der Waals surface area contributed by atoms with Gasteiger partial charge in [-0.15, -0.1) is 0 Å². The molecule has 1 nitrogen and oxygen atoms in total. The molecule has 1 aromatic carbocycles. The van der Waals surface area contributed by atoms with E-state index in [1.807, 2.05) is 12.1 Å². The average Bonchev–Trinajstić information content (AvgIpc) is 2.09. The molecule has 0 fully saturated rings. The Labute approximate surface area is 79.6 Å². The van der Waals surface area contributed by atoms with Gasteiger partial charge in [-0.3, -0.25) is 0 Å². The van der Waals surface area contributed by atoms with E-state index < -0.39 is 0 Å². The topological polar surface area (TPSA) is 20.2 Å². The maximum absolute atomic E-state index is 9.30. The molecule has 0 heterocycles. The van der Waals surface area contributed by atoms with Crippen LogP contribution in [0, 0.1) is 0 Å². The van der Waals surface area contributed by atoms with Crippen LogP contribution in [0.25, 0.3) is 0 Å². The smallest absolute Gasteiger partial charge is 0.118 e. The lowest BCUT2D eigenvalue weighted by molar-refractivity contribution is 0.470.